The van der Waals surface area contributed by atoms with Crippen molar-refractivity contribution in [1.29, 1.82) is 0 Å². The quantitative estimate of drug-likeness (QED) is 0.554. The number of ether oxygens (including phenoxy) is 1. The molecule has 4 amide bonds. The van der Waals surface area contributed by atoms with Crippen LogP contribution in [0, 0.1) is 23.2 Å². The first-order valence-corrected chi connectivity index (χ1v) is 13.9. The van der Waals surface area contributed by atoms with Crippen molar-refractivity contribution < 1.29 is 19.1 Å². The second kappa shape index (κ2) is 9.69. The van der Waals surface area contributed by atoms with Gasteiger partial charge >= 0.3 is 6.03 Å². The molecule has 2 heterocycles. The van der Waals surface area contributed by atoms with E-state index in [4.69, 9.17) is 4.74 Å². The smallest absolute Gasteiger partial charge is 0.319 e. The normalized spacial score (nSPS) is 34.6. The fraction of sp³-hybridized carbons (Fsp3) is 0.679. The Bertz CT molecular complexity index is 968. The van der Waals surface area contributed by atoms with Gasteiger partial charge in [0.05, 0.1) is 11.5 Å². The number of amides is 4. The zero-order valence-electron chi connectivity index (χ0n) is 21.0. The molecule has 6 fully saturated rings. The summed E-state index contributed by atoms with van der Waals surface area (Å²) in [5, 5.41) is 8.66. The molecule has 1 aromatic rings. The summed E-state index contributed by atoms with van der Waals surface area (Å²) in [7, 11) is 0. The second-order valence-electron chi connectivity index (χ2n) is 11.9. The number of likely N-dealkylation sites (tertiary alicyclic amines) is 1. The minimum Gasteiger partial charge on any atom is -0.376 e. The van der Waals surface area contributed by atoms with E-state index >= 15 is 0 Å². The minimum atomic E-state index is -0.396. The van der Waals surface area contributed by atoms with Crippen LogP contribution in [-0.4, -0.2) is 54.6 Å². The Balaban J connectivity index is 1.04. The lowest BCUT2D eigenvalue weighted by Gasteiger charge is -2.56. The number of rotatable bonds is 6. The lowest BCUT2D eigenvalue weighted by atomic mass is 9.49. The van der Waals surface area contributed by atoms with Crippen molar-refractivity contribution in [2.45, 2.75) is 76.4 Å². The summed E-state index contributed by atoms with van der Waals surface area (Å²) in [5.41, 5.74) is 1.10. The number of carbonyl (C=O) groups is 3. The Labute approximate surface area is 212 Å². The molecule has 36 heavy (non-hydrogen) atoms. The Morgan fingerprint density at radius 3 is 2.14 bits per heavy atom. The standard InChI is InChI=1S/C28H38N4O4/c33-25(30-21-5-7-22(8-6-21)31-27(35)29-17-23-3-2-10-36-23)24-4-1-9-32(24)26(34)28-14-18-11-19(15-28)13-20(12-18)16-28/h5-8,18-20,23-24H,1-4,9-17H2,(H,30,33)(H2,29,31,35). The summed E-state index contributed by atoms with van der Waals surface area (Å²) in [6.07, 6.45) is 10.7. The van der Waals surface area contributed by atoms with Crippen molar-refractivity contribution in [2.75, 3.05) is 30.3 Å². The van der Waals surface area contributed by atoms with E-state index in [9.17, 15) is 14.4 Å². The average molecular weight is 495 g/mol. The predicted octanol–water partition coefficient (Wildman–Crippen LogP) is 4.13. The Morgan fingerprint density at radius 2 is 1.53 bits per heavy atom. The monoisotopic (exact) mass is 494 g/mol. The van der Waals surface area contributed by atoms with Crippen LogP contribution in [0.4, 0.5) is 16.2 Å². The van der Waals surface area contributed by atoms with Gasteiger partial charge in [0.1, 0.15) is 6.04 Å². The number of nitrogens with one attached hydrogen (secondary N) is 3. The molecule has 4 saturated carbocycles. The van der Waals surface area contributed by atoms with Crippen molar-refractivity contribution in [2.24, 2.45) is 23.2 Å². The van der Waals surface area contributed by atoms with Crippen molar-refractivity contribution in [3.05, 3.63) is 24.3 Å². The van der Waals surface area contributed by atoms with Crippen LogP contribution in [0.1, 0.15) is 64.2 Å². The highest BCUT2D eigenvalue weighted by Gasteiger charge is 2.56. The molecule has 2 aliphatic heterocycles. The van der Waals surface area contributed by atoms with Gasteiger partial charge in [0.15, 0.2) is 0 Å². The van der Waals surface area contributed by atoms with Gasteiger partial charge in [-0.3, -0.25) is 9.59 Å². The lowest BCUT2D eigenvalue weighted by Crippen LogP contribution is -2.56. The molecule has 0 radical (unpaired) electrons. The molecule has 6 aliphatic rings. The Hall–Kier alpha value is -2.61. The summed E-state index contributed by atoms with van der Waals surface area (Å²) in [6.45, 7) is 1.94. The fourth-order valence-corrected chi connectivity index (χ4v) is 8.01. The van der Waals surface area contributed by atoms with Crippen LogP contribution in [0.15, 0.2) is 24.3 Å². The van der Waals surface area contributed by atoms with Gasteiger partial charge < -0.3 is 25.6 Å². The third-order valence-corrected chi connectivity index (χ3v) is 9.23. The first kappa shape index (κ1) is 23.8. The third kappa shape index (κ3) is 4.72. The van der Waals surface area contributed by atoms with Gasteiger partial charge in [-0.15, -0.1) is 0 Å². The van der Waals surface area contributed by atoms with E-state index in [1.165, 1.54) is 19.3 Å². The summed E-state index contributed by atoms with van der Waals surface area (Å²) in [6, 6.07) is 6.45. The van der Waals surface area contributed by atoms with Crippen LogP contribution in [0.25, 0.3) is 0 Å². The Kier molecular flexibility index (Phi) is 6.40. The van der Waals surface area contributed by atoms with Crippen molar-refractivity contribution in [3.8, 4) is 0 Å². The number of hydrogen-bond donors (Lipinski definition) is 3. The molecule has 2 saturated heterocycles. The molecule has 194 valence electrons. The van der Waals surface area contributed by atoms with E-state index < -0.39 is 6.04 Å². The molecule has 8 heteroatoms. The maximum Gasteiger partial charge on any atom is 0.319 e. The zero-order valence-corrected chi connectivity index (χ0v) is 21.0. The van der Waals surface area contributed by atoms with Gasteiger partial charge in [0.25, 0.3) is 0 Å². The van der Waals surface area contributed by atoms with Crippen molar-refractivity contribution in [3.63, 3.8) is 0 Å². The molecule has 1 aromatic carbocycles. The second-order valence-corrected chi connectivity index (χ2v) is 11.9. The molecular weight excluding hydrogens is 456 g/mol. The van der Waals surface area contributed by atoms with Crippen LogP contribution in [-0.2, 0) is 14.3 Å². The molecule has 2 atom stereocenters. The molecule has 3 N–H and O–H groups in total. The average Bonchev–Trinajstić information content (AvgIpc) is 3.55. The number of benzene rings is 1. The van der Waals surface area contributed by atoms with Gasteiger partial charge in [-0.25, -0.2) is 4.79 Å². The highest BCUT2D eigenvalue weighted by Crippen LogP contribution is 2.60. The SMILES string of the molecule is O=C(NCC1CCCO1)Nc1ccc(NC(=O)C2CCCN2C(=O)C23CC4CC(CC(C4)C2)C3)cc1. The van der Waals surface area contributed by atoms with Crippen LogP contribution in [0.2, 0.25) is 0 Å². The number of urea groups is 1. The van der Waals surface area contributed by atoms with E-state index in [1.54, 1.807) is 24.3 Å². The third-order valence-electron chi connectivity index (χ3n) is 9.23. The van der Waals surface area contributed by atoms with Gasteiger partial charge in [-0.05, 0) is 106 Å². The van der Waals surface area contributed by atoms with E-state index in [-0.39, 0.29) is 29.4 Å². The minimum absolute atomic E-state index is 0.0957. The molecule has 8 nitrogen and oxygen atoms in total. The van der Waals surface area contributed by atoms with E-state index in [1.807, 2.05) is 4.90 Å². The first-order valence-electron chi connectivity index (χ1n) is 13.9. The highest BCUT2D eigenvalue weighted by molar-refractivity contribution is 5.98. The number of anilines is 2. The van der Waals surface area contributed by atoms with E-state index in [0.29, 0.717) is 48.6 Å². The molecule has 0 spiro atoms. The van der Waals surface area contributed by atoms with Crippen LogP contribution < -0.4 is 16.0 Å². The maximum atomic E-state index is 13.8. The van der Waals surface area contributed by atoms with Crippen LogP contribution in [0.5, 0.6) is 0 Å². The summed E-state index contributed by atoms with van der Waals surface area (Å²) < 4.78 is 5.52. The highest BCUT2D eigenvalue weighted by atomic mass is 16.5. The van der Waals surface area contributed by atoms with E-state index in [2.05, 4.69) is 16.0 Å². The van der Waals surface area contributed by atoms with Gasteiger partial charge in [0.2, 0.25) is 11.8 Å². The predicted molar refractivity (Wildman–Crippen MR) is 136 cm³/mol. The molecule has 0 aromatic heterocycles. The molecule has 7 rings (SSSR count). The number of carbonyl (C=O) groups excluding carboxylic acids is 3. The maximum absolute atomic E-state index is 13.8. The van der Waals surface area contributed by atoms with Crippen LogP contribution in [0.3, 0.4) is 0 Å². The van der Waals surface area contributed by atoms with Gasteiger partial charge in [-0.1, -0.05) is 0 Å². The number of nitrogens with zero attached hydrogens (tertiary/aromatic N) is 1. The van der Waals surface area contributed by atoms with Crippen LogP contribution >= 0.6 is 0 Å². The van der Waals surface area contributed by atoms with E-state index in [0.717, 1.165) is 45.1 Å². The lowest BCUT2D eigenvalue weighted by molar-refractivity contribution is -0.160. The molecule has 4 bridgehead atoms. The topological polar surface area (TPSA) is 99.8 Å². The van der Waals surface area contributed by atoms with Crippen molar-refractivity contribution >= 4 is 29.2 Å². The molecule has 4 aliphatic carbocycles. The fourth-order valence-electron chi connectivity index (χ4n) is 8.01. The summed E-state index contributed by atoms with van der Waals surface area (Å²) in [4.78, 5) is 41.1. The Morgan fingerprint density at radius 1 is 0.889 bits per heavy atom. The van der Waals surface area contributed by atoms with Crippen molar-refractivity contribution in [1.82, 2.24) is 10.2 Å². The molecule has 2 unspecified atom stereocenters. The van der Waals surface area contributed by atoms with Gasteiger partial charge in [-0.2, -0.15) is 0 Å². The first-order chi connectivity index (χ1) is 17.5. The summed E-state index contributed by atoms with van der Waals surface area (Å²) >= 11 is 0. The summed E-state index contributed by atoms with van der Waals surface area (Å²) in [5.74, 6) is 2.26. The number of hydrogen-bond acceptors (Lipinski definition) is 4. The van der Waals surface area contributed by atoms with Gasteiger partial charge in [0, 0.05) is 31.1 Å². The largest absolute Gasteiger partial charge is 0.376 e. The molecular formula is C28H38N4O4. The zero-order chi connectivity index (χ0) is 24.7.